The molecule has 2 fully saturated rings. The van der Waals surface area contributed by atoms with E-state index >= 15 is 0 Å². The van der Waals surface area contributed by atoms with E-state index in [4.69, 9.17) is 4.74 Å². The number of imidazole rings is 1. The summed E-state index contributed by atoms with van der Waals surface area (Å²) < 4.78 is 7.57. The Kier molecular flexibility index (Phi) is 4.18. The number of nitrogens with zero attached hydrogens (tertiary/aromatic N) is 2. The first-order valence-corrected chi connectivity index (χ1v) is 8.14. The molecule has 22 heavy (non-hydrogen) atoms. The van der Waals surface area contributed by atoms with Crippen LogP contribution in [-0.4, -0.2) is 27.0 Å². The van der Waals surface area contributed by atoms with Crippen LogP contribution in [0.15, 0.2) is 12.4 Å². The van der Waals surface area contributed by atoms with Crippen molar-refractivity contribution in [3.8, 4) is 0 Å². The third kappa shape index (κ3) is 2.74. The lowest BCUT2D eigenvalue weighted by molar-refractivity contribution is -0.150. The highest BCUT2D eigenvalue weighted by Gasteiger charge is 2.53. The molecule has 6 heteroatoms. The Balaban J connectivity index is 1.64. The standard InChI is InChI=1S/C16H23N3O3/c1-2-8-19-9-7-17-13(19)11-18-15(21)12-10-14(20)22-16(12)5-3-4-6-16/h7,9,12H,2-6,8,10-11H2,1H3,(H,18,21)/t12-/m1/s1. The van der Waals surface area contributed by atoms with E-state index in [-0.39, 0.29) is 24.2 Å². The van der Waals surface area contributed by atoms with Gasteiger partial charge in [0.1, 0.15) is 11.4 Å². The van der Waals surface area contributed by atoms with Crippen molar-refractivity contribution >= 4 is 11.9 Å². The Morgan fingerprint density at radius 2 is 2.27 bits per heavy atom. The molecule has 1 aliphatic heterocycles. The predicted molar refractivity (Wildman–Crippen MR) is 79.8 cm³/mol. The van der Waals surface area contributed by atoms with Crippen molar-refractivity contribution < 1.29 is 14.3 Å². The Bertz CT molecular complexity index is 561. The van der Waals surface area contributed by atoms with Crippen molar-refractivity contribution in [3.05, 3.63) is 18.2 Å². The van der Waals surface area contributed by atoms with Crippen molar-refractivity contribution in [2.24, 2.45) is 5.92 Å². The number of hydrogen-bond acceptors (Lipinski definition) is 4. The normalized spacial score (nSPS) is 23.0. The Morgan fingerprint density at radius 3 is 3.00 bits per heavy atom. The molecule has 6 nitrogen and oxygen atoms in total. The van der Waals surface area contributed by atoms with E-state index < -0.39 is 5.60 Å². The highest BCUT2D eigenvalue weighted by molar-refractivity contribution is 5.87. The number of carbonyl (C=O) groups excluding carboxylic acids is 2. The van der Waals surface area contributed by atoms with Gasteiger partial charge >= 0.3 is 5.97 Å². The molecule has 1 saturated heterocycles. The number of hydrogen-bond donors (Lipinski definition) is 1. The van der Waals surface area contributed by atoms with Gasteiger partial charge in [-0.25, -0.2) is 4.98 Å². The van der Waals surface area contributed by atoms with Gasteiger partial charge in [-0.2, -0.15) is 0 Å². The minimum absolute atomic E-state index is 0.0844. The number of nitrogens with one attached hydrogen (secondary N) is 1. The average molecular weight is 305 g/mol. The molecule has 0 bridgehead atoms. The molecule has 0 aromatic carbocycles. The molecule has 1 spiro atoms. The van der Waals surface area contributed by atoms with E-state index in [1.54, 1.807) is 6.20 Å². The van der Waals surface area contributed by atoms with Gasteiger partial charge in [-0.3, -0.25) is 9.59 Å². The third-order valence-electron chi connectivity index (χ3n) is 4.78. The molecule has 1 N–H and O–H groups in total. The summed E-state index contributed by atoms with van der Waals surface area (Å²) in [7, 11) is 0. The van der Waals surface area contributed by atoms with E-state index in [0.29, 0.717) is 6.54 Å². The Morgan fingerprint density at radius 1 is 1.50 bits per heavy atom. The fraction of sp³-hybridized carbons (Fsp3) is 0.688. The summed E-state index contributed by atoms with van der Waals surface area (Å²) in [6, 6.07) is 0. The lowest BCUT2D eigenvalue weighted by Gasteiger charge is -2.27. The lowest BCUT2D eigenvalue weighted by Crippen LogP contribution is -2.42. The van der Waals surface area contributed by atoms with E-state index in [0.717, 1.165) is 44.5 Å². The molecule has 0 radical (unpaired) electrons. The summed E-state index contributed by atoms with van der Waals surface area (Å²) in [6.45, 7) is 3.39. The number of amides is 1. The topological polar surface area (TPSA) is 73.2 Å². The van der Waals surface area contributed by atoms with E-state index in [1.165, 1.54) is 0 Å². The molecule has 1 amide bonds. The van der Waals surface area contributed by atoms with Crippen molar-refractivity contribution in [1.29, 1.82) is 0 Å². The zero-order valence-corrected chi connectivity index (χ0v) is 13.0. The number of ether oxygens (including phenoxy) is 1. The second-order valence-corrected chi connectivity index (χ2v) is 6.26. The van der Waals surface area contributed by atoms with Crippen LogP contribution < -0.4 is 5.32 Å². The van der Waals surface area contributed by atoms with Crippen LogP contribution >= 0.6 is 0 Å². The number of esters is 1. The van der Waals surface area contributed by atoms with Gasteiger partial charge in [0.2, 0.25) is 5.91 Å². The maximum Gasteiger partial charge on any atom is 0.307 e. The number of aromatic nitrogens is 2. The number of carbonyl (C=O) groups is 2. The van der Waals surface area contributed by atoms with Gasteiger partial charge in [0.15, 0.2) is 0 Å². The highest BCUT2D eigenvalue weighted by Crippen LogP contribution is 2.45. The van der Waals surface area contributed by atoms with Crippen LogP contribution in [0.2, 0.25) is 0 Å². The number of aryl methyl sites for hydroxylation is 1. The highest BCUT2D eigenvalue weighted by atomic mass is 16.6. The molecule has 1 atom stereocenters. The monoisotopic (exact) mass is 305 g/mol. The van der Waals surface area contributed by atoms with Gasteiger partial charge in [0, 0.05) is 18.9 Å². The van der Waals surface area contributed by atoms with Gasteiger partial charge in [-0.1, -0.05) is 6.92 Å². The predicted octanol–water partition coefficient (Wildman–Crippen LogP) is 1.79. The molecule has 1 aliphatic carbocycles. The molecular formula is C16H23N3O3. The molecule has 2 heterocycles. The molecule has 1 aromatic rings. The molecule has 0 unspecified atom stereocenters. The summed E-state index contributed by atoms with van der Waals surface area (Å²) in [5.74, 6) is 0.173. The minimum Gasteiger partial charge on any atom is -0.458 e. The maximum absolute atomic E-state index is 12.5. The van der Waals surface area contributed by atoms with Crippen LogP contribution in [-0.2, 0) is 27.4 Å². The number of rotatable bonds is 5. The Hall–Kier alpha value is -1.85. The zero-order valence-electron chi connectivity index (χ0n) is 13.0. The molecule has 120 valence electrons. The zero-order chi connectivity index (χ0) is 15.6. The van der Waals surface area contributed by atoms with Crippen LogP contribution in [0.5, 0.6) is 0 Å². The SMILES string of the molecule is CCCn1ccnc1CNC(=O)[C@H]1CC(=O)OC12CCCC2. The molecule has 1 saturated carbocycles. The van der Waals surface area contributed by atoms with Gasteiger partial charge in [0.05, 0.1) is 18.9 Å². The van der Waals surface area contributed by atoms with Crippen LogP contribution in [0, 0.1) is 5.92 Å². The van der Waals surface area contributed by atoms with Gasteiger partial charge in [0.25, 0.3) is 0 Å². The first-order chi connectivity index (χ1) is 10.6. The van der Waals surface area contributed by atoms with Crippen molar-refractivity contribution in [2.45, 2.75) is 64.1 Å². The quantitative estimate of drug-likeness (QED) is 0.842. The van der Waals surface area contributed by atoms with Crippen LogP contribution in [0.1, 0.15) is 51.3 Å². The Labute approximate surface area is 130 Å². The van der Waals surface area contributed by atoms with Crippen molar-refractivity contribution in [3.63, 3.8) is 0 Å². The summed E-state index contributed by atoms with van der Waals surface area (Å²) in [5.41, 5.74) is -0.542. The first kappa shape index (κ1) is 15.1. The van der Waals surface area contributed by atoms with E-state index in [9.17, 15) is 9.59 Å². The van der Waals surface area contributed by atoms with Crippen LogP contribution in [0.4, 0.5) is 0 Å². The van der Waals surface area contributed by atoms with E-state index in [1.807, 2.05) is 10.8 Å². The fourth-order valence-electron chi connectivity index (χ4n) is 3.69. The first-order valence-electron chi connectivity index (χ1n) is 8.14. The van der Waals surface area contributed by atoms with Gasteiger partial charge in [-0.15, -0.1) is 0 Å². The second-order valence-electron chi connectivity index (χ2n) is 6.26. The van der Waals surface area contributed by atoms with Crippen LogP contribution in [0.25, 0.3) is 0 Å². The summed E-state index contributed by atoms with van der Waals surface area (Å²) >= 11 is 0. The van der Waals surface area contributed by atoms with Crippen molar-refractivity contribution in [1.82, 2.24) is 14.9 Å². The molecule has 1 aromatic heterocycles. The second kappa shape index (κ2) is 6.10. The van der Waals surface area contributed by atoms with Crippen molar-refractivity contribution in [2.75, 3.05) is 0 Å². The third-order valence-corrected chi connectivity index (χ3v) is 4.78. The van der Waals surface area contributed by atoms with Gasteiger partial charge in [-0.05, 0) is 32.1 Å². The lowest BCUT2D eigenvalue weighted by atomic mass is 9.85. The summed E-state index contributed by atoms with van der Waals surface area (Å²) in [5, 5.41) is 2.94. The van der Waals surface area contributed by atoms with E-state index in [2.05, 4.69) is 17.2 Å². The summed E-state index contributed by atoms with van der Waals surface area (Å²) in [6.07, 6.45) is 8.56. The largest absolute Gasteiger partial charge is 0.458 e. The average Bonchev–Trinajstić information content (AvgIpc) is 3.19. The molecular weight excluding hydrogens is 282 g/mol. The van der Waals surface area contributed by atoms with Crippen LogP contribution in [0.3, 0.4) is 0 Å². The van der Waals surface area contributed by atoms with Gasteiger partial charge < -0.3 is 14.6 Å². The smallest absolute Gasteiger partial charge is 0.307 e. The summed E-state index contributed by atoms with van der Waals surface area (Å²) in [4.78, 5) is 28.5. The fourth-order valence-corrected chi connectivity index (χ4v) is 3.69. The molecule has 3 rings (SSSR count). The maximum atomic E-state index is 12.5. The minimum atomic E-state index is -0.542. The molecule has 2 aliphatic rings.